The first-order valence-electron chi connectivity index (χ1n) is 9.86. The predicted octanol–water partition coefficient (Wildman–Crippen LogP) is 4.36. The molecular weight excluding hydrogens is 404 g/mol. The molecule has 9 nitrogen and oxygen atoms in total. The molecule has 5 rings (SSSR count). The van der Waals surface area contributed by atoms with Crippen LogP contribution in [0.2, 0.25) is 0 Å². The molecule has 0 saturated carbocycles. The van der Waals surface area contributed by atoms with Gasteiger partial charge in [-0.3, -0.25) is 10.1 Å². The van der Waals surface area contributed by atoms with Crippen molar-refractivity contribution in [3.8, 4) is 28.5 Å². The van der Waals surface area contributed by atoms with Crippen LogP contribution < -0.4 is 10.6 Å². The number of anilines is 2. The number of nitrogens with one attached hydrogen (secondary N) is 3. The third-order valence-corrected chi connectivity index (χ3v) is 4.68. The number of pyridine rings is 1. The lowest BCUT2D eigenvalue weighted by Crippen LogP contribution is -2.18. The number of hydrogen-bond acceptors (Lipinski definition) is 5. The van der Waals surface area contributed by atoms with E-state index < -0.39 is 0 Å². The summed E-state index contributed by atoms with van der Waals surface area (Å²) in [6.45, 7) is 0. The number of aromatic nitrogens is 6. The van der Waals surface area contributed by atoms with Crippen LogP contribution in [0.15, 0.2) is 91.5 Å². The van der Waals surface area contributed by atoms with E-state index in [2.05, 4.69) is 35.9 Å². The predicted molar refractivity (Wildman–Crippen MR) is 121 cm³/mol. The highest BCUT2D eigenvalue weighted by atomic mass is 16.2. The Labute approximate surface area is 183 Å². The van der Waals surface area contributed by atoms with Gasteiger partial charge in [0.1, 0.15) is 0 Å². The summed E-state index contributed by atoms with van der Waals surface area (Å²) in [6, 6.07) is 20.3. The van der Waals surface area contributed by atoms with Crippen LogP contribution in [0.3, 0.4) is 0 Å². The normalized spacial score (nSPS) is 10.6. The minimum atomic E-state index is -0.339. The number of urea groups is 1. The Morgan fingerprint density at radius 3 is 2.53 bits per heavy atom. The maximum atomic E-state index is 12.2. The fourth-order valence-corrected chi connectivity index (χ4v) is 3.16. The number of amides is 2. The molecular formula is C23H18N8O. The van der Waals surface area contributed by atoms with Crippen LogP contribution >= 0.6 is 0 Å². The van der Waals surface area contributed by atoms with E-state index >= 15 is 0 Å². The molecule has 0 bridgehead atoms. The van der Waals surface area contributed by atoms with Gasteiger partial charge in [0.2, 0.25) is 0 Å². The van der Waals surface area contributed by atoms with Gasteiger partial charge in [-0.15, -0.1) is 0 Å². The molecule has 0 aliphatic heterocycles. The van der Waals surface area contributed by atoms with E-state index in [9.17, 15) is 4.79 Å². The topological polar surface area (TPSA) is 113 Å². The Morgan fingerprint density at radius 1 is 0.875 bits per heavy atom. The van der Waals surface area contributed by atoms with Crippen LogP contribution in [0.1, 0.15) is 0 Å². The zero-order valence-electron chi connectivity index (χ0n) is 16.8. The molecule has 3 N–H and O–H groups in total. The first-order chi connectivity index (χ1) is 15.7. The van der Waals surface area contributed by atoms with Crippen molar-refractivity contribution in [1.29, 1.82) is 0 Å². The third kappa shape index (κ3) is 4.21. The second-order valence-electron chi connectivity index (χ2n) is 6.91. The summed E-state index contributed by atoms with van der Waals surface area (Å²) in [6.07, 6.45) is 6.75. The van der Waals surface area contributed by atoms with Crippen molar-refractivity contribution < 1.29 is 4.79 Å². The Balaban J connectivity index is 1.32. The molecule has 9 heteroatoms. The van der Waals surface area contributed by atoms with Crippen molar-refractivity contribution >= 4 is 17.4 Å². The molecule has 3 aromatic heterocycles. The van der Waals surface area contributed by atoms with E-state index in [1.54, 1.807) is 29.5 Å². The molecule has 2 amide bonds. The second-order valence-corrected chi connectivity index (χ2v) is 6.91. The average molecular weight is 422 g/mol. The number of aromatic amines is 1. The van der Waals surface area contributed by atoms with Crippen molar-refractivity contribution in [1.82, 2.24) is 29.9 Å². The molecule has 2 aromatic carbocycles. The summed E-state index contributed by atoms with van der Waals surface area (Å²) in [4.78, 5) is 20.8. The van der Waals surface area contributed by atoms with Gasteiger partial charge >= 0.3 is 6.03 Å². The minimum Gasteiger partial charge on any atom is -0.308 e. The zero-order valence-corrected chi connectivity index (χ0v) is 16.8. The van der Waals surface area contributed by atoms with Gasteiger partial charge in [0.05, 0.1) is 23.8 Å². The first kappa shape index (κ1) is 19.2. The molecule has 156 valence electrons. The standard InChI is InChI=1S/C23H18N8O/c32-23(26-18-6-2-1-3-7-18)27-19-14-25-31(15-19)20-8-4-5-17(13-20)22-28-21(29-30-22)16-9-11-24-12-10-16/h1-15H,(H2,26,27,32)(H,28,29,30). The van der Waals surface area contributed by atoms with E-state index in [1.165, 1.54) is 0 Å². The number of nitrogens with zero attached hydrogens (tertiary/aromatic N) is 5. The number of benzene rings is 2. The summed E-state index contributed by atoms with van der Waals surface area (Å²) in [5.74, 6) is 1.24. The highest BCUT2D eigenvalue weighted by molar-refractivity contribution is 5.99. The summed E-state index contributed by atoms with van der Waals surface area (Å²) in [5.41, 5.74) is 3.84. The molecule has 32 heavy (non-hydrogen) atoms. The molecule has 0 spiro atoms. The fraction of sp³-hybridized carbons (Fsp3) is 0. The maximum Gasteiger partial charge on any atom is 0.323 e. The Morgan fingerprint density at radius 2 is 1.69 bits per heavy atom. The Kier molecular flexibility index (Phi) is 5.11. The zero-order chi connectivity index (χ0) is 21.8. The summed E-state index contributed by atoms with van der Waals surface area (Å²) >= 11 is 0. The van der Waals surface area contributed by atoms with Gasteiger partial charge in [0, 0.05) is 29.2 Å². The van der Waals surface area contributed by atoms with Gasteiger partial charge in [-0.25, -0.2) is 14.5 Å². The number of para-hydroxylation sites is 1. The molecule has 3 heterocycles. The molecule has 0 aliphatic rings. The van der Waals surface area contributed by atoms with E-state index in [1.807, 2.05) is 66.7 Å². The highest BCUT2D eigenvalue weighted by Gasteiger charge is 2.10. The van der Waals surface area contributed by atoms with Gasteiger partial charge in [-0.05, 0) is 36.4 Å². The van der Waals surface area contributed by atoms with Crippen molar-refractivity contribution in [2.45, 2.75) is 0 Å². The molecule has 0 saturated heterocycles. The lowest BCUT2D eigenvalue weighted by Gasteiger charge is -2.05. The highest BCUT2D eigenvalue weighted by Crippen LogP contribution is 2.22. The molecule has 0 radical (unpaired) electrons. The van der Waals surface area contributed by atoms with Gasteiger partial charge < -0.3 is 10.6 Å². The van der Waals surface area contributed by atoms with Gasteiger partial charge in [-0.1, -0.05) is 30.3 Å². The quantitative estimate of drug-likeness (QED) is 0.389. The van der Waals surface area contributed by atoms with Crippen molar-refractivity contribution in [2.75, 3.05) is 10.6 Å². The summed E-state index contributed by atoms with van der Waals surface area (Å²) < 4.78 is 1.68. The van der Waals surface area contributed by atoms with Crippen LogP contribution in [-0.4, -0.2) is 36.0 Å². The molecule has 0 atom stereocenters. The van der Waals surface area contributed by atoms with Crippen molar-refractivity contribution in [3.05, 3.63) is 91.5 Å². The molecule has 0 unspecified atom stereocenters. The van der Waals surface area contributed by atoms with Crippen LogP contribution in [0.4, 0.5) is 16.2 Å². The number of carbonyl (C=O) groups excluding carboxylic acids is 1. The van der Waals surface area contributed by atoms with Crippen LogP contribution in [0, 0.1) is 0 Å². The lowest BCUT2D eigenvalue weighted by atomic mass is 10.2. The smallest absolute Gasteiger partial charge is 0.308 e. The molecule has 0 aliphatic carbocycles. The van der Waals surface area contributed by atoms with Crippen molar-refractivity contribution in [2.24, 2.45) is 0 Å². The fourth-order valence-electron chi connectivity index (χ4n) is 3.16. The number of hydrogen-bond donors (Lipinski definition) is 3. The Hall–Kier alpha value is -4.79. The van der Waals surface area contributed by atoms with Crippen LogP contribution in [0.5, 0.6) is 0 Å². The van der Waals surface area contributed by atoms with Crippen LogP contribution in [-0.2, 0) is 0 Å². The minimum absolute atomic E-state index is 0.339. The van der Waals surface area contributed by atoms with Crippen molar-refractivity contribution in [3.63, 3.8) is 0 Å². The number of H-pyrrole nitrogens is 1. The van der Waals surface area contributed by atoms with E-state index in [0.717, 1.165) is 16.8 Å². The monoisotopic (exact) mass is 422 g/mol. The number of carbonyl (C=O) groups is 1. The van der Waals surface area contributed by atoms with Gasteiger partial charge in [-0.2, -0.15) is 10.2 Å². The number of rotatable bonds is 5. The third-order valence-electron chi connectivity index (χ3n) is 4.68. The summed E-state index contributed by atoms with van der Waals surface area (Å²) in [5, 5.41) is 17.2. The SMILES string of the molecule is O=C(Nc1ccccc1)Nc1cnn(-c2cccc(-c3n[nH]c(-c4ccncc4)n3)c2)c1. The maximum absolute atomic E-state index is 12.2. The van der Waals surface area contributed by atoms with Gasteiger partial charge in [0.25, 0.3) is 0 Å². The van der Waals surface area contributed by atoms with Crippen LogP contribution in [0.25, 0.3) is 28.5 Å². The molecule has 5 aromatic rings. The van der Waals surface area contributed by atoms with E-state index in [-0.39, 0.29) is 6.03 Å². The van der Waals surface area contributed by atoms with Gasteiger partial charge in [0.15, 0.2) is 11.6 Å². The largest absolute Gasteiger partial charge is 0.323 e. The first-order valence-corrected chi connectivity index (χ1v) is 9.86. The van der Waals surface area contributed by atoms with E-state index in [0.29, 0.717) is 23.0 Å². The molecule has 0 fully saturated rings. The average Bonchev–Trinajstić information content (AvgIpc) is 3.51. The Bertz CT molecular complexity index is 1340. The second kappa shape index (κ2) is 8.52. The lowest BCUT2D eigenvalue weighted by molar-refractivity contribution is 0.262. The summed E-state index contributed by atoms with van der Waals surface area (Å²) in [7, 11) is 0. The van der Waals surface area contributed by atoms with E-state index in [4.69, 9.17) is 0 Å².